The fraction of sp³-hybridized carbons (Fsp3) is 0.263. The predicted molar refractivity (Wildman–Crippen MR) is 94.2 cm³/mol. The highest BCUT2D eigenvalue weighted by atomic mass is 35.5. The molecule has 1 saturated heterocycles. The van der Waals surface area contributed by atoms with Crippen LogP contribution in [0.2, 0.25) is 5.02 Å². The Hall–Kier alpha value is -2.47. The summed E-state index contributed by atoms with van der Waals surface area (Å²) in [5, 5.41) is 0.279. The first-order valence-electron chi connectivity index (χ1n) is 8.25. The van der Waals surface area contributed by atoms with Gasteiger partial charge in [0.15, 0.2) is 0 Å². The Balaban J connectivity index is 1.72. The number of rotatable bonds is 2. The normalized spacial score (nSPS) is 14.9. The summed E-state index contributed by atoms with van der Waals surface area (Å²) in [6.07, 6.45) is 0.522. The number of nitrogens with zero attached hydrogens (tertiary/aromatic N) is 2. The first-order chi connectivity index (χ1) is 12.5. The molecule has 3 rings (SSSR count). The smallest absolute Gasteiger partial charge is 0.256 e. The molecule has 136 valence electrons. The zero-order valence-corrected chi connectivity index (χ0v) is 14.7. The van der Waals surface area contributed by atoms with Crippen LogP contribution in [0.4, 0.5) is 8.78 Å². The number of hydrogen-bond acceptors (Lipinski definition) is 2. The van der Waals surface area contributed by atoms with E-state index in [0.29, 0.717) is 19.5 Å². The lowest BCUT2D eigenvalue weighted by atomic mass is 10.2. The van der Waals surface area contributed by atoms with E-state index in [2.05, 4.69) is 0 Å². The highest BCUT2D eigenvalue weighted by Crippen LogP contribution is 2.18. The van der Waals surface area contributed by atoms with E-state index in [0.717, 1.165) is 6.07 Å². The van der Waals surface area contributed by atoms with Gasteiger partial charge in [0, 0.05) is 31.2 Å². The van der Waals surface area contributed by atoms with Crippen LogP contribution in [0.5, 0.6) is 0 Å². The molecule has 1 heterocycles. The standard InChI is InChI=1S/C19H17ClF2N2O2/c20-13-6-7-17(22)15(12-13)19(26)24-9-3-8-23(10-11-24)18(25)14-4-1-2-5-16(14)21/h1-2,4-7,12H,3,8-11H2. The van der Waals surface area contributed by atoms with Crippen molar-refractivity contribution in [2.75, 3.05) is 26.2 Å². The maximum Gasteiger partial charge on any atom is 0.256 e. The first kappa shape index (κ1) is 18.3. The van der Waals surface area contributed by atoms with Crippen molar-refractivity contribution in [1.29, 1.82) is 0 Å². The van der Waals surface area contributed by atoms with Crippen molar-refractivity contribution >= 4 is 23.4 Å². The fourth-order valence-corrected chi connectivity index (χ4v) is 3.13. The van der Waals surface area contributed by atoms with Crippen LogP contribution in [-0.2, 0) is 0 Å². The van der Waals surface area contributed by atoms with Crippen molar-refractivity contribution in [3.05, 3.63) is 70.2 Å². The molecule has 26 heavy (non-hydrogen) atoms. The molecule has 0 aromatic heterocycles. The number of halogens is 3. The Morgan fingerprint density at radius 1 is 0.808 bits per heavy atom. The second-order valence-corrected chi connectivity index (χ2v) is 6.48. The molecule has 1 aliphatic heterocycles. The van der Waals surface area contributed by atoms with Crippen molar-refractivity contribution in [1.82, 2.24) is 9.80 Å². The van der Waals surface area contributed by atoms with Gasteiger partial charge in [0.2, 0.25) is 0 Å². The fourth-order valence-electron chi connectivity index (χ4n) is 2.96. The summed E-state index contributed by atoms with van der Waals surface area (Å²) in [5.41, 5.74) is -0.0838. The van der Waals surface area contributed by atoms with Gasteiger partial charge >= 0.3 is 0 Å². The maximum atomic E-state index is 13.9. The van der Waals surface area contributed by atoms with Crippen LogP contribution in [0.1, 0.15) is 27.1 Å². The molecule has 1 aliphatic rings. The van der Waals surface area contributed by atoms with Gasteiger partial charge in [-0.1, -0.05) is 23.7 Å². The zero-order valence-electron chi connectivity index (χ0n) is 13.9. The summed E-state index contributed by atoms with van der Waals surface area (Å²) in [5.74, 6) is -2.09. The molecule has 0 aliphatic carbocycles. The van der Waals surface area contributed by atoms with Crippen molar-refractivity contribution in [3.8, 4) is 0 Å². The second-order valence-electron chi connectivity index (χ2n) is 6.04. The number of benzene rings is 2. The largest absolute Gasteiger partial charge is 0.337 e. The Kier molecular flexibility index (Phi) is 5.52. The molecule has 0 spiro atoms. The van der Waals surface area contributed by atoms with E-state index in [1.807, 2.05) is 0 Å². The van der Waals surface area contributed by atoms with E-state index in [4.69, 9.17) is 11.6 Å². The van der Waals surface area contributed by atoms with Gasteiger partial charge in [0.1, 0.15) is 11.6 Å². The van der Waals surface area contributed by atoms with E-state index >= 15 is 0 Å². The molecule has 0 atom stereocenters. The number of hydrogen-bond donors (Lipinski definition) is 0. The van der Waals surface area contributed by atoms with Crippen LogP contribution in [-0.4, -0.2) is 47.8 Å². The third-order valence-electron chi connectivity index (χ3n) is 4.33. The average molecular weight is 379 g/mol. The Morgan fingerprint density at radius 2 is 1.38 bits per heavy atom. The lowest BCUT2D eigenvalue weighted by Crippen LogP contribution is -2.37. The number of amides is 2. The lowest BCUT2D eigenvalue weighted by molar-refractivity contribution is 0.0713. The Labute approximate surface area is 155 Å². The number of carbonyl (C=O) groups is 2. The van der Waals surface area contributed by atoms with E-state index in [1.54, 1.807) is 6.07 Å². The van der Waals surface area contributed by atoms with Gasteiger partial charge in [-0.25, -0.2) is 8.78 Å². The number of carbonyl (C=O) groups excluding carboxylic acids is 2. The average Bonchev–Trinajstić information content (AvgIpc) is 2.89. The molecule has 0 saturated carbocycles. The van der Waals surface area contributed by atoms with Gasteiger partial charge in [-0.2, -0.15) is 0 Å². The highest BCUT2D eigenvalue weighted by molar-refractivity contribution is 6.31. The SMILES string of the molecule is O=C(c1ccccc1F)N1CCCN(C(=O)c2cc(Cl)ccc2F)CC1. The van der Waals surface area contributed by atoms with Crippen LogP contribution in [0.15, 0.2) is 42.5 Å². The summed E-state index contributed by atoms with van der Waals surface area (Å²) >= 11 is 5.85. The molecule has 1 fully saturated rings. The monoisotopic (exact) mass is 378 g/mol. The summed E-state index contributed by atoms with van der Waals surface area (Å²) in [7, 11) is 0. The van der Waals surface area contributed by atoms with Gasteiger partial charge < -0.3 is 9.80 Å². The quantitative estimate of drug-likeness (QED) is 0.801. The molecule has 4 nitrogen and oxygen atoms in total. The van der Waals surface area contributed by atoms with E-state index in [1.165, 1.54) is 40.1 Å². The second kappa shape index (κ2) is 7.83. The Morgan fingerprint density at radius 3 is 2.04 bits per heavy atom. The van der Waals surface area contributed by atoms with Crippen LogP contribution in [0.3, 0.4) is 0 Å². The van der Waals surface area contributed by atoms with Gasteiger partial charge in [-0.05, 0) is 36.8 Å². The van der Waals surface area contributed by atoms with Crippen LogP contribution in [0, 0.1) is 11.6 Å². The zero-order chi connectivity index (χ0) is 18.7. The third-order valence-corrected chi connectivity index (χ3v) is 4.57. The summed E-state index contributed by atoms with van der Waals surface area (Å²) in [6, 6.07) is 9.63. The summed E-state index contributed by atoms with van der Waals surface area (Å²) < 4.78 is 27.8. The molecule has 2 aromatic carbocycles. The van der Waals surface area contributed by atoms with Crippen LogP contribution < -0.4 is 0 Å². The maximum absolute atomic E-state index is 13.9. The predicted octanol–water partition coefficient (Wildman–Crippen LogP) is 3.61. The molecular formula is C19H17ClF2N2O2. The third kappa shape index (κ3) is 3.85. The summed E-state index contributed by atoms with van der Waals surface area (Å²) in [4.78, 5) is 28.1. The molecule has 7 heteroatoms. The van der Waals surface area contributed by atoms with Crippen LogP contribution >= 0.6 is 11.6 Å². The molecule has 0 N–H and O–H groups in total. The van der Waals surface area contributed by atoms with E-state index < -0.39 is 23.4 Å². The topological polar surface area (TPSA) is 40.6 Å². The van der Waals surface area contributed by atoms with Gasteiger partial charge in [-0.15, -0.1) is 0 Å². The van der Waals surface area contributed by atoms with Gasteiger partial charge in [-0.3, -0.25) is 9.59 Å². The first-order valence-corrected chi connectivity index (χ1v) is 8.63. The van der Waals surface area contributed by atoms with Crippen molar-refractivity contribution in [2.24, 2.45) is 0 Å². The molecule has 0 radical (unpaired) electrons. The van der Waals surface area contributed by atoms with Crippen molar-refractivity contribution in [2.45, 2.75) is 6.42 Å². The highest BCUT2D eigenvalue weighted by Gasteiger charge is 2.26. The minimum Gasteiger partial charge on any atom is -0.337 e. The minimum absolute atomic E-state index is 0.00756. The molecule has 0 bridgehead atoms. The Bertz CT molecular complexity index is 844. The molecule has 2 amide bonds. The molecule has 0 unspecified atom stereocenters. The van der Waals surface area contributed by atoms with E-state index in [9.17, 15) is 18.4 Å². The van der Waals surface area contributed by atoms with Crippen LogP contribution in [0.25, 0.3) is 0 Å². The lowest BCUT2D eigenvalue weighted by Gasteiger charge is -2.22. The minimum atomic E-state index is -0.636. The molecular weight excluding hydrogens is 362 g/mol. The van der Waals surface area contributed by atoms with Gasteiger partial charge in [0.05, 0.1) is 11.1 Å². The van der Waals surface area contributed by atoms with Crippen molar-refractivity contribution < 1.29 is 18.4 Å². The van der Waals surface area contributed by atoms with Crippen molar-refractivity contribution in [3.63, 3.8) is 0 Å². The molecule has 2 aromatic rings. The summed E-state index contributed by atoms with van der Waals surface area (Å²) in [6.45, 7) is 1.27. The van der Waals surface area contributed by atoms with Gasteiger partial charge in [0.25, 0.3) is 11.8 Å². The van der Waals surface area contributed by atoms with E-state index in [-0.39, 0.29) is 29.2 Å².